The van der Waals surface area contributed by atoms with E-state index in [9.17, 15) is 117 Å². The highest BCUT2D eigenvalue weighted by Crippen LogP contribution is 2.41. The van der Waals surface area contributed by atoms with Gasteiger partial charge in [0, 0.05) is 265 Å². The number of carbonyl (C=O) groups is 22. The summed E-state index contributed by atoms with van der Waals surface area (Å²) in [6.45, 7) is 5.97. The van der Waals surface area contributed by atoms with E-state index in [4.69, 9.17) is 6.42 Å². The number of hydrogen-bond acceptors (Lipinski definition) is 22. The van der Waals surface area contributed by atoms with Gasteiger partial charge in [-0.05, 0) is 128 Å². The Hall–Kier alpha value is -11.7. The number of rotatable bonds is 75. The van der Waals surface area contributed by atoms with E-state index in [1.165, 1.54) is 48.5 Å². The van der Waals surface area contributed by atoms with Crippen LogP contribution in [0.3, 0.4) is 0 Å². The van der Waals surface area contributed by atoms with Gasteiger partial charge in [0.15, 0.2) is 0 Å². The van der Waals surface area contributed by atoms with Gasteiger partial charge in [-0.3, -0.25) is 95.9 Å². The lowest BCUT2D eigenvalue weighted by atomic mass is 9.70. The molecule has 0 radical (unpaired) electrons. The summed E-state index contributed by atoms with van der Waals surface area (Å²) in [6, 6.07) is 0. The smallest absolute Gasteiger partial charge is 0.356 e. The first-order valence-corrected chi connectivity index (χ1v) is 44.9. The van der Waals surface area contributed by atoms with Gasteiger partial charge in [-0.1, -0.05) is 0 Å². The van der Waals surface area contributed by atoms with E-state index in [1.807, 2.05) is 0 Å². The van der Waals surface area contributed by atoms with Gasteiger partial charge < -0.3 is 105 Å². The third kappa shape index (κ3) is 64.7. The number of hydrogen-bond donors (Lipinski definition) is 18. The topological polar surface area (TPSA) is 592 Å². The molecule has 0 spiro atoms. The van der Waals surface area contributed by atoms with Gasteiger partial charge >= 0.3 is 24.2 Å². The highest BCUT2D eigenvalue weighted by Gasteiger charge is 2.43. The summed E-state index contributed by atoms with van der Waals surface area (Å²) in [7, 11) is 0. The fraction of sp³-hybridized carbons (Fsp3) is 0.724. The molecule has 0 bridgehead atoms. The van der Waals surface area contributed by atoms with Gasteiger partial charge in [-0.2, -0.15) is 26.3 Å². The number of ketones is 4. The maximum atomic E-state index is 15.7. The van der Waals surface area contributed by atoms with Crippen LogP contribution in [0.4, 0.5) is 26.3 Å². The van der Waals surface area contributed by atoms with Crippen LogP contribution in [-0.4, -0.2) is 257 Å². The van der Waals surface area contributed by atoms with Gasteiger partial charge in [0.05, 0.1) is 0 Å². The Bertz CT molecular complexity index is 3510. The lowest BCUT2D eigenvalue weighted by Crippen LogP contribution is -2.54. The molecule has 1 unspecified atom stereocenters. The summed E-state index contributed by atoms with van der Waals surface area (Å²) < 4.78 is 79.0. The van der Waals surface area contributed by atoms with E-state index in [2.05, 4.69) is 91.0 Å². The molecule has 0 aliphatic heterocycles. The molecule has 18 N–H and O–H groups in total. The van der Waals surface area contributed by atoms with E-state index in [1.54, 1.807) is 10.6 Å². The maximum Gasteiger partial charge on any atom is 0.471 e. The van der Waals surface area contributed by atoms with Crippen LogP contribution in [0, 0.1) is 17.8 Å². The molecule has 0 saturated heterocycles. The first kappa shape index (κ1) is 121. The molecule has 752 valence electrons. The number of Topliss-reactive ketones (excluding diaryl/α,β-unsaturated/α-hetero) is 4. The fourth-order valence-corrected chi connectivity index (χ4v) is 14.0. The van der Waals surface area contributed by atoms with E-state index in [-0.39, 0.29) is 217 Å². The molecule has 1 atom stereocenters. The van der Waals surface area contributed by atoms with Crippen LogP contribution in [0.25, 0.3) is 0 Å². The normalized spacial score (nSPS) is 11.8. The van der Waals surface area contributed by atoms with Crippen LogP contribution in [0.1, 0.15) is 273 Å². The Morgan fingerprint density at radius 3 is 0.722 bits per heavy atom. The average molecular weight is 1900 g/mol. The zero-order valence-corrected chi connectivity index (χ0v) is 77.7. The number of alkyl halides is 6. The Morgan fingerprint density at radius 1 is 0.226 bits per heavy atom. The number of carbonyl (C=O) groups excluding carboxylic acids is 22. The van der Waals surface area contributed by atoms with Gasteiger partial charge in [0.25, 0.3) is 0 Å². The molecule has 0 aliphatic rings. The predicted molar refractivity (Wildman–Crippen MR) is 472 cm³/mol. The second-order valence-corrected chi connectivity index (χ2v) is 33.1. The third-order valence-corrected chi connectivity index (χ3v) is 21.3. The van der Waals surface area contributed by atoms with E-state index in [0.29, 0.717) is 0 Å². The number of amides is 18. The summed E-state index contributed by atoms with van der Waals surface area (Å²) in [5, 5.41) is 45.4. The molecule has 133 heavy (non-hydrogen) atoms. The molecule has 0 aromatic rings. The fourth-order valence-electron chi connectivity index (χ4n) is 14.0. The predicted octanol–water partition coefficient (Wildman–Crippen LogP) is 1.11. The van der Waals surface area contributed by atoms with E-state index in [0.717, 1.165) is 0 Å². The summed E-state index contributed by atoms with van der Waals surface area (Å²) in [4.78, 5) is 292. The van der Waals surface area contributed by atoms with Gasteiger partial charge in [-0.15, -0.1) is 12.3 Å². The second kappa shape index (κ2) is 67.5. The molecule has 0 aliphatic carbocycles. The van der Waals surface area contributed by atoms with Crippen LogP contribution in [0.15, 0.2) is 0 Å². The third-order valence-electron chi connectivity index (χ3n) is 21.3. The molecule has 0 saturated carbocycles. The van der Waals surface area contributed by atoms with Crippen molar-refractivity contribution in [3.05, 3.63) is 0 Å². The van der Waals surface area contributed by atoms with Crippen molar-refractivity contribution < 1.29 is 132 Å². The average Bonchev–Trinajstić information content (AvgIpc) is 0.828. The first-order valence-electron chi connectivity index (χ1n) is 44.9. The largest absolute Gasteiger partial charge is 0.471 e. The Balaban J connectivity index is 9.48. The minimum atomic E-state index is -5.31. The van der Waals surface area contributed by atoms with Crippen molar-refractivity contribution in [3.8, 4) is 12.3 Å². The Labute approximate surface area is 772 Å². The van der Waals surface area contributed by atoms with Crippen LogP contribution < -0.4 is 95.7 Å². The minimum Gasteiger partial charge on any atom is -0.356 e. The lowest BCUT2D eigenvalue weighted by Gasteiger charge is -2.39. The van der Waals surface area contributed by atoms with Crippen LogP contribution in [-0.2, 0) is 105 Å². The van der Waals surface area contributed by atoms with Gasteiger partial charge in [0.1, 0.15) is 23.1 Å². The van der Waals surface area contributed by atoms with Crippen molar-refractivity contribution >= 4 is 129 Å². The molecule has 0 fully saturated rings. The minimum absolute atomic E-state index is 0.00883. The molecular weight excluding hydrogens is 1760 g/mol. The molecular formula is C87H140F6N18O22. The summed E-state index contributed by atoms with van der Waals surface area (Å²) >= 11 is 0. The molecule has 0 rings (SSSR count). The quantitative estimate of drug-likeness (QED) is 0.0230. The summed E-state index contributed by atoms with van der Waals surface area (Å²) in [6.07, 6.45) is -15.0. The van der Waals surface area contributed by atoms with Crippen molar-refractivity contribution in [2.24, 2.45) is 5.41 Å². The Kier molecular flexibility index (Phi) is 61.5. The van der Waals surface area contributed by atoms with Crippen molar-refractivity contribution in [1.29, 1.82) is 0 Å². The lowest BCUT2D eigenvalue weighted by molar-refractivity contribution is -0.173. The maximum absolute atomic E-state index is 15.7. The molecule has 0 heterocycles. The number of unbranched alkanes of at least 4 members (excludes halogenated alkanes) is 2. The molecule has 18 amide bonds. The Morgan fingerprint density at radius 2 is 0.444 bits per heavy atom. The van der Waals surface area contributed by atoms with Crippen molar-refractivity contribution in [2.75, 3.05) is 98.2 Å². The van der Waals surface area contributed by atoms with E-state index < -0.39 is 270 Å². The molecule has 0 aromatic heterocycles. The highest BCUT2D eigenvalue weighted by atomic mass is 19.4. The van der Waals surface area contributed by atoms with Crippen LogP contribution in [0.5, 0.6) is 0 Å². The summed E-state index contributed by atoms with van der Waals surface area (Å²) in [5.41, 5.74) is -7.05. The van der Waals surface area contributed by atoms with Crippen LogP contribution >= 0.6 is 0 Å². The SMILES string of the molecule is C#CCCCCC(=O)NC(CCC(=O)CC(CCC(=O)CCCNC(C)=O)(CCC(=O)NCCCC(C)=O)CCC(=O)NCCCC(C)=O)(CCC(=O)NC(CCC(=O)NCCNC(C)=O)(CCC(=O)NCCNC(C)=O)CCC(=O)NCCNC(C)=O)CCC(=O)NC(CCC(=O)NCCNC(C)=O)(CCC(=O)NCCNC(=O)C(F)(F)F)CCC(=O)NCCNC(=O)C(F)(F)F. The monoisotopic (exact) mass is 1900 g/mol. The van der Waals surface area contributed by atoms with Gasteiger partial charge in [0.2, 0.25) is 94.5 Å². The molecule has 40 nitrogen and oxygen atoms in total. The number of nitrogens with one attached hydrogen (secondary N) is 18. The first-order chi connectivity index (χ1) is 62.5. The summed E-state index contributed by atoms with van der Waals surface area (Å²) in [5.74, 6) is -13.8. The van der Waals surface area contributed by atoms with Crippen molar-refractivity contribution in [1.82, 2.24) is 95.7 Å². The van der Waals surface area contributed by atoms with E-state index >= 15 is 14.4 Å². The van der Waals surface area contributed by atoms with Crippen molar-refractivity contribution in [3.63, 3.8) is 0 Å². The molecule has 46 heteroatoms. The highest BCUT2D eigenvalue weighted by molar-refractivity contribution is 5.87. The van der Waals surface area contributed by atoms with Crippen LogP contribution in [0.2, 0.25) is 0 Å². The second-order valence-electron chi connectivity index (χ2n) is 33.1. The molecule has 0 aromatic carbocycles. The number of terminal acetylenes is 1. The van der Waals surface area contributed by atoms with Gasteiger partial charge in [-0.25, -0.2) is 0 Å². The zero-order valence-electron chi connectivity index (χ0n) is 77.7. The standard InChI is InChI=1S/C87H140F6N18O22/c1-9-10-11-12-19-77(129)109-83(35-21-68(120)59-82(32-20-67(119)18-15-44-94-62(4)114,33-22-69(121)99-45-13-16-60(2)112)34-23-70(122)100-46-14-17-61(3)113,42-30-78(130)110-84(36-24-71(123)101-51-47-95-63(5)115,37-25-72(124)102-52-48-96-64(6)116)38-26-73(125)103-53-49-97-65(7)117)43-31-79(131)111-85(39-27-74(126)104-54-50-98-66(8)118,40-28-75(127)105-55-57-107-80(132)86(88,89)90)41-29-76(128)106-56-58-108-81(133)87(91,92)93/h1H,10-59H2,2-8H3,(H,94,114)(H,95,115)(H,96,116)(H,97,117)(H,98,118)(H,99,121)(H,100,122)(H,101,123)(H,102,124)(H,103,125)(H,104,126)(H,105,127)(H,106,128)(H,107,132)(H,108,133)(H,109,129)(H,110,130)(H,111,131). The van der Waals surface area contributed by atoms with Crippen molar-refractivity contribution in [2.45, 2.75) is 302 Å². The number of halogens is 6. The zero-order chi connectivity index (χ0) is 100.